The van der Waals surface area contributed by atoms with Crippen LogP contribution in [0.4, 0.5) is 0 Å². The molecule has 0 aliphatic rings. The number of rotatable bonds is 8. The minimum absolute atomic E-state index is 0.172. The summed E-state index contributed by atoms with van der Waals surface area (Å²) < 4.78 is 4.35. The zero-order valence-electron chi connectivity index (χ0n) is 10.3. The Bertz CT molecular complexity index is 297. The number of methoxy groups -OCH3 is 1. The molecule has 0 unspecified atom stereocenters. The molecule has 0 aliphatic carbocycles. The number of carbonyl (C=O) groups is 3. The summed E-state index contributed by atoms with van der Waals surface area (Å²) >= 11 is 0. The number of amides is 1. The largest absolute Gasteiger partial charge is 0.466 e. The first-order valence-corrected chi connectivity index (χ1v) is 5.65. The van der Waals surface area contributed by atoms with Crippen LogP contribution in [0.5, 0.6) is 0 Å². The Labute approximate surface area is 101 Å². The highest BCUT2D eigenvalue weighted by atomic mass is 16.5. The van der Waals surface area contributed by atoms with Crippen LogP contribution in [0.2, 0.25) is 0 Å². The fourth-order valence-electron chi connectivity index (χ4n) is 1.13. The first kappa shape index (κ1) is 15.3. The lowest BCUT2D eigenvalue weighted by atomic mass is 10.1. The molecule has 0 saturated heterocycles. The third-order valence-corrected chi connectivity index (χ3v) is 2.17. The van der Waals surface area contributed by atoms with Gasteiger partial charge in [0.05, 0.1) is 7.11 Å². The van der Waals surface area contributed by atoms with Crippen molar-refractivity contribution in [2.45, 2.75) is 39.0 Å². The van der Waals surface area contributed by atoms with Crippen LogP contribution in [0.25, 0.3) is 0 Å². The summed E-state index contributed by atoms with van der Waals surface area (Å²) in [6.07, 6.45) is 5.21. The molecule has 0 spiro atoms. The average Bonchev–Trinajstić information content (AvgIpc) is 2.33. The molecule has 1 N–H and O–H groups in total. The molecular formula is C12H19NO4. The number of unbranched alkanes of at least 4 members (excludes halogenated alkanes) is 1. The van der Waals surface area contributed by atoms with E-state index >= 15 is 0 Å². The van der Waals surface area contributed by atoms with Gasteiger partial charge in [0.15, 0.2) is 0 Å². The number of hydrogen-bond donors (Lipinski definition) is 1. The van der Waals surface area contributed by atoms with Gasteiger partial charge in [-0.1, -0.05) is 6.92 Å². The third-order valence-electron chi connectivity index (χ3n) is 2.17. The van der Waals surface area contributed by atoms with E-state index in [2.05, 4.69) is 10.1 Å². The monoisotopic (exact) mass is 241 g/mol. The van der Waals surface area contributed by atoms with Crippen molar-refractivity contribution in [1.82, 2.24) is 5.32 Å². The molecule has 0 fully saturated rings. The highest BCUT2D eigenvalue weighted by Gasteiger charge is 2.01. The molecule has 17 heavy (non-hydrogen) atoms. The maximum absolute atomic E-state index is 11.2. The number of hydrogen-bond acceptors (Lipinski definition) is 4. The van der Waals surface area contributed by atoms with Crippen LogP contribution < -0.4 is 5.32 Å². The Kier molecular flexibility index (Phi) is 8.64. The predicted molar refractivity (Wildman–Crippen MR) is 63.1 cm³/mol. The second kappa shape index (κ2) is 9.57. The van der Waals surface area contributed by atoms with Gasteiger partial charge in [0, 0.05) is 31.5 Å². The summed E-state index contributed by atoms with van der Waals surface area (Å²) in [5.41, 5.74) is 0. The number of nitrogens with one attached hydrogen (secondary N) is 1. The van der Waals surface area contributed by atoms with E-state index in [-0.39, 0.29) is 11.7 Å². The molecule has 0 radical (unpaired) electrons. The summed E-state index contributed by atoms with van der Waals surface area (Å²) in [4.78, 5) is 32.9. The molecule has 0 atom stereocenters. The van der Waals surface area contributed by atoms with Gasteiger partial charge in [0.25, 0.3) is 0 Å². The minimum Gasteiger partial charge on any atom is -0.466 e. The second-order valence-corrected chi connectivity index (χ2v) is 3.52. The van der Waals surface area contributed by atoms with Gasteiger partial charge in [-0.05, 0) is 12.8 Å². The van der Waals surface area contributed by atoms with E-state index in [1.165, 1.54) is 13.3 Å². The van der Waals surface area contributed by atoms with Crippen LogP contribution in [0.3, 0.4) is 0 Å². The maximum Gasteiger partial charge on any atom is 0.331 e. The Balaban J connectivity index is 3.57. The van der Waals surface area contributed by atoms with Gasteiger partial charge in [-0.15, -0.1) is 0 Å². The zero-order chi connectivity index (χ0) is 13.1. The molecule has 0 aromatic heterocycles. The lowest BCUT2D eigenvalue weighted by molar-refractivity contribution is -0.134. The number of ether oxygens (including phenoxy) is 1. The van der Waals surface area contributed by atoms with Crippen molar-refractivity contribution in [2.24, 2.45) is 0 Å². The Morgan fingerprint density at radius 3 is 2.41 bits per heavy atom. The smallest absolute Gasteiger partial charge is 0.331 e. The van der Waals surface area contributed by atoms with Crippen molar-refractivity contribution in [2.75, 3.05) is 7.11 Å². The quantitative estimate of drug-likeness (QED) is 0.395. The van der Waals surface area contributed by atoms with E-state index < -0.39 is 5.97 Å². The predicted octanol–water partition coefficient (Wildman–Crippen LogP) is 1.33. The molecule has 0 aromatic carbocycles. The molecule has 0 rings (SSSR count). The molecule has 0 aromatic rings. The SMILES string of the molecule is CCC(=O)CCCCC(=O)N/C=C/C(=O)OC. The van der Waals surface area contributed by atoms with Crippen LogP contribution in [0, 0.1) is 0 Å². The topological polar surface area (TPSA) is 72.5 Å². The lowest BCUT2D eigenvalue weighted by Crippen LogP contribution is -2.17. The van der Waals surface area contributed by atoms with E-state index in [1.54, 1.807) is 0 Å². The summed E-state index contributed by atoms with van der Waals surface area (Å²) in [5, 5.41) is 2.44. The van der Waals surface area contributed by atoms with Crippen LogP contribution >= 0.6 is 0 Å². The van der Waals surface area contributed by atoms with E-state index in [4.69, 9.17) is 0 Å². The van der Waals surface area contributed by atoms with Crippen molar-refractivity contribution in [3.8, 4) is 0 Å². The summed E-state index contributed by atoms with van der Waals surface area (Å²) in [6.45, 7) is 1.83. The van der Waals surface area contributed by atoms with Crippen molar-refractivity contribution in [3.05, 3.63) is 12.3 Å². The summed E-state index contributed by atoms with van der Waals surface area (Å²) in [6, 6.07) is 0. The van der Waals surface area contributed by atoms with Crippen molar-refractivity contribution >= 4 is 17.7 Å². The van der Waals surface area contributed by atoms with Gasteiger partial charge >= 0.3 is 5.97 Å². The average molecular weight is 241 g/mol. The number of ketones is 1. The number of Topliss-reactive ketones (excluding diaryl/α,β-unsaturated/α-hetero) is 1. The minimum atomic E-state index is -0.515. The summed E-state index contributed by atoms with van der Waals surface area (Å²) in [5.74, 6) is -0.469. The highest BCUT2D eigenvalue weighted by molar-refractivity contribution is 5.83. The van der Waals surface area contributed by atoms with Crippen LogP contribution in [-0.4, -0.2) is 24.8 Å². The van der Waals surface area contributed by atoms with Crippen molar-refractivity contribution in [3.63, 3.8) is 0 Å². The maximum atomic E-state index is 11.2. The van der Waals surface area contributed by atoms with Gasteiger partial charge < -0.3 is 10.1 Å². The lowest BCUT2D eigenvalue weighted by Gasteiger charge is -2.00. The molecule has 5 nitrogen and oxygen atoms in total. The Morgan fingerprint density at radius 1 is 1.18 bits per heavy atom. The van der Waals surface area contributed by atoms with E-state index in [0.29, 0.717) is 25.7 Å². The van der Waals surface area contributed by atoms with Crippen LogP contribution in [-0.2, 0) is 19.1 Å². The van der Waals surface area contributed by atoms with Gasteiger partial charge in [-0.25, -0.2) is 4.79 Å². The van der Waals surface area contributed by atoms with Gasteiger partial charge in [-0.2, -0.15) is 0 Å². The number of esters is 1. The Morgan fingerprint density at radius 2 is 1.82 bits per heavy atom. The molecule has 0 bridgehead atoms. The first-order valence-electron chi connectivity index (χ1n) is 5.65. The standard InChI is InChI=1S/C12H19NO4/c1-3-10(14)6-4-5-7-11(15)13-9-8-12(16)17-2/h8-9H,3-7H2,1-2H3,(H,13,15)/b9-8+. The van der Waals surface area contributed by atoms with Crippen LogP contribution in [0.15, 0.2) is 12.3 Å². The zero-order valence-corrected chi connectivity index (χ0v) is 10.3. The van der Waals surface area contributed by atoms with E-state index in [1.807, 2.05) is 6.92 Å². The van der Waals surface area contributed by atoms with Crippen molar-refractivity contribution < 1.29 is 19.1 Å². The number of carbonyl (C=O) groups excluding carboxylic acids is 3. The molecule has 5 heteroatoms. The highest BCUT2D eigenvalue weighted by Crippen LogP contribution is 2.02. The third kappa shape index (κ3) is 9.29. The molecule has 0 aliphatic heterocycles. The van der Waals surface area contributed by atoms with Gasteiger partial charge in [0.1, 0.15) is 5.78 Å². The fourth-order valence-corrected chi connectivity index (χ4v) is 1.13. The van der Waals surface area contributed by atoms with Crippen LogP contribution in [0.1, 0.15) is 39.0 Å². The molecular weight excluding hydrogens is 222 g/mol. The second-order valence-electron chi connectivity index (χ2n) is 3.52. The molecule has 0 heterocycles. The van der Waals surface area contributed by atoms with E-state index in [9.17, 15) is 14.4 Å². The van der Waals surface area contributed by atoms with Gasteiger partial charge in [-0.3, -0.25) is 9.59 Å². The fraction of sp³-hybridized carbons (Fsp3) is 0.583. The Hall–Kier alpha value is -1.65. The molecule has 0 saturated carbocycles. The van der Waals surface area contributed by atoms with Crippen molar-refractivity contribution in [1.29, 1.82) is 0 Å². The van der Waals surface area contributed by atoms with Gasteiger partial charge in [0.2, 0.25) is 5.91 Å². The summed E-state index contributed by atoms with van der Waals surface area (Å²) in [7, 11) is 1.26. The molecule has 96 valence electrons. The van der Waals surface area contributed by atoms with E-state index in [0.717, 1.165) is 12.5 Å². The molecule has 1 amide bonds. The first-order chi connectivity index (χ1) is 8.10. The normalized spacial score (nSPS) is 10.2.